The zero-order valence-corrected chi connectivity index (χ0v) is 10.4. The van der Waals surface area contributed by atoms with Crippen LogP contribution >= 0.6 is 0 Å². The number of fused-ring (bicyclic) bond motifs is 1. The third kappa shape index (κ3) is 2.08. The van der Waals surface area contributed by atoms with Gasteiger partial charge in [-0.2, -0.15) is 5.26 Å². The molecule has 2 aromatic carbocycles. The molecule has 1 aromatic heterocycles. The van der Waals surface area contributed by atoms with Gasteiger partial charge in [0.1, 0.15) is 0 Å². The summed E-state index contributed by atoms with van der Waals surface area (Å²) in [5, 5.41) is 12.0. The molecule has 6 nitrogen and oxygen atoms in total. The first-order valence-corrected chi connectivity index (χ1v) is 5.94. The molecular formula is C14H11N5O. The van der Waals surface area contributed by atoms with Gasteiger partial charge in [0.2, 0.25) is 0 Å². The number of imidazole rings is 1. The Bertz CT molecular complexity index is 884. The number of nitrogens with zero attached hydrogens (tertiary/aromatic N) is 1. The lowest BCUT2D eigenvalue weighted by Crippen LogP contribution is -1.99. The lowest BCUT2D eigenvalue weighted by Gasteiger charge is -2.09. The number of aromatic nitrogens is 2. The summed E-state index contributed by atoms with van der Waals surface area (Å²) in [5.74, 6) is 0. The van der Waals surface area contributed by atoms with E-state index in [0.29, 0.717) is 22.5 Å². The second-order valence-electron chi connectivity index (χ2n) is 4.38. The molecule has 3 rings (SSSR count). The van der Waals surface area contributed by atoms with Crippen LogP contribution in [0.15, 0.2) is 41.2 Å². The molecule has 20 heavy (non-hydrogen) atoms. The molecular weight excluding hydrogens is 254 g/mol. The normalized spacial score (nSPS) is 10.3. The number of benzene rings is 2. The first kappa shape index (κ1) is 11.9. The van der Waals surface area contributed by atoms with Gasteiger partial charge in [-0.1, -0.05) is 0 Å². The Hall–Kier alpha value is -3.20. The highest BCUT2D eigenvalue weighted by molar-refractivity contribution is 5.82. The standard InChI is InChI=1S/C14H11N5O/c15-7-8-1-3-10(16)12(5-8)17-9-2-4-11-13(6-9)19-14(20)18-11/h1-6,17H,16H2,(H2,18,19,20). The quantitative estimate of drug-likeness (QED) is 0.531. The number of nitrogens with one attached hydrogen (secondary N) is 3. The van der Waals surface area contributed by atoms with Gasteiger partial charge in [0, 0.05) is 5.69 Å². The minimum Gasteiger partial charge on any atom is -0.397 e. The van der Waals surface area contributed by atoms with Gasteiger partial charge in [-0.05, 0) is 36.4 Å². The first-order valence-electron chi connectivity index (χ1n) is 5.94. The van der Waals surface area contributed by atoms with Gasteiger partial charge < -0.3 is 21.0 Å². The van der Waals surface area contributed by atoms with Crippen molar-refractivity contribution in [3.05, 3.63) is 52.4 Å². The van der Waals surface area contributed by atoms with Crippen molar-refractivity contribution in [2.24, 2.45) is 0 Å². The molecule has 0 fully saturated rings. The van der Waals surface area contributed by atoms with Gasteiger partial charge in [-0.15, -0.1) is 0 Å². The summed E-state index contributed by atoms with van der Waals surface area (Å²) in [5.41, 5.74) is 9.57. The summed E-state index contributed by atoms with van der Waals surface area (Å²) < 4.78 is 0. The number of anilines is 3. The van der Waals surface area contributed by atoms with Crippen LogP contribution in [0.4, 0.5) is 17.1 Å². The highest BCUT2D eigenvalue weighted by Crippen LogP contribution is 2.25. The number of H-pyrrole nitrogens is 2. The summed E-state index contributed by atoms with van der Waals surface area (Å²) in [7, 11) is 0. The molecule has 98 valence electrons. The topological polar surface area (TPSA) is 110 Å². The molecule has 0 saturated carbocycles. The van der Waals surface area contributed by atoms with Crippen molar-refractivity contribution in [1.82, 2.24) is 9.97 Å². The second-order valence-corrected chi connectivity index (χ2v) is 4.38. The maximum Gasteiger partial charge on any atom is 0.323 e. The molecule has 0 saturated heterocycles. The van der Waals surface area contributed by atoms with E-state index in [0.717, 1.165) is 11.2 Å². The van der Waals surface area contributed by atoms with Crippen molar-refractivity contribution in [2.45, 2.75) is 0 Å². The van der Waals surface area contributed by atoms with Crippen LogP contribution in [0, 0.1) is 11.3 Å². The molecule has 0 radical (unpaired) electrons. The Kier molecular flexibility index (Phi) is 2.66. The van der Waals surface area contributed by atoms with Gasteiger partial charge in [0.25, 0.3) is 0 Å². The number of rotatable bonds is 2. The highest BCUT2D eigenvalue weighted by atomic mass is 16.1. The maximum atomic E-state index is 11.2. The molecule has 0 amide bonds. The van der Waals surface area contributed by atoms with Crippen LogP contribution in [-0.2, 0) is 0 Å². The van der Waals surface area contributed by atoms with E-state index in [1.165, 1.54) is 0 Å². The van der Waals surface area contributed by atoms with Crippen molar-refractivity contribution in [2.75, 3.05) is 11.1 Å². The van der Waals surface area contributed by atoms with E-state index >= 15 is 0 Å². The molecule has 0 bridgehead atoms. The summed E-state index contributed by atoms with van der Waals surface area (Å²) in [6.45, 7) is 0. The van der Waals surface area contributed by atoms with Gasteiger partial charge in [0.05, 0.1) is 34.0 Å². The summed E-state index contributed by atoms with van der Waals surface area (Å²) >= 11 is 0. The molecule has 3 aromatic rings. The van der Waals surface area contributed by atoms with Crippen LogP contribution in [0.3, 0.4) is 0 Å². The lowest BCUT2D eigenvalue weighted by molar-refractivity contribution is 1.22. The molecule has 0 spiro atoms. The number of hydrogen-bond acceptors (Lipinski definition) is 4. The maximum absolute atomic E-state index is 11.2. The number of nitrogens with two attached hydrogens (primary N) is 1. The SMILES string of the molecule is N#Cc1ccc(N)c(Nc2ccc3[nH]c(=O)[nH]c3c2)c1. The first-order chi connectivity index (χ1) is 9.65. The van der Waals surface area contributed by atoms with Crippen molar-refractivity contribution in [3.63, 3.8) is 0 Å². The molecule has 1 heterocycles. The fourth-order valence-corrected chi connectivity index (χ4v) is 2.00. The molecule has 0 atom stereocenters. The summed E-state index contributed by atoms with van der Waals surface area (Å²) in [6.07, 6.45) is 0. The minimum atomic E-state index is -0.247. The van der Waals surface area contributed by atoms with Crippen molar-refractivity contribution in [1.29, 1.82) is 5.26 Å². The Morgan fingerprint density at radius 2 is 1.90 bits per heavy atom. The predicted octanol–water partition coefficient (Wildman–Crippen LogP) is 2.05. The van der Waals surface area contributed by atoms with Gasteiger partial charge in [0.15, 0.2) is 0 Å². The molecule has 6 heteroatoms. The Morgan fingerprint density at radius 3 is 2.70 bits per heavy atom. The number of aromatic amines is 2. The van der Waals surface area contributed by atoms with Crippen molar-refractivity contribution >= 4 is 28.1 Å². The van der Waals surface area contributed by atoms with Crippen LogP contribution in [0.5, 0.6) is 0 Å². The Balaban J connectivity index is 2.00. The van der Waals surface area contributed by atoms with Crippen LogP contribution in [0.25, 0.3) is 11.0 Å². The summed E-state index contributed by atoms with van der Waals surface area (Å²) in [6, 6.07) is 12.5. The van der Waals surface area contributed by atoms with Gasteiger partial charge in [-0.25, -0.2) is 4.79 Å². The monoisotopic (exact) mass is 265 g/mol. The smallest absolute Gasteiger partial charge is 0.323 e. The van der Waals surface area contributed by atoms with E-state index in [4.69, 9.17) is 11.0 Å². The van der Waals surface area contributed by atoms with E-state index < -0.39 is 0 Å². The molecule has 5 N–H and O–H groups in total. The van der Waals surface area contributed by atoms with E-state index in [-0.39, 0.29) is 5.69 Å². The van der Waals surface area contributed by atoms with Crippen molar-refractivity contribution in [3.8, 4) is 6.07 Å². The Labute approximate surface area is 113 Å². The van der Waals surface area contributed by atoms with E-state index in [9.17, 15) is 4.79 Å². The predicted molar refractivity (Wildman–Crippen MR) is 77.8 cm³/mol. The van der Waals surface area contributed by atoms with Crippen LogP contribution in [0.2, 0.25) is 0 Å². The molecule has 0 aliphatic carbocycles. The summed E-state index contributed by atoms with van der Waals surface area (Å²) in [4.78, 5) is 16.6. The van der Waals surface area contributed by atoms with Crippen LogP contribution in [-0.4, -0.2) is 9.97 Å². The second kappa shape index (κ2) is 4.48. The van der Waals surface area contributed by atoms with E-state index in [1.807, 2.05) is 6.07 Å². The largest absolute Gasteiger partial charge is 0.397 e. The fourth-order valence-electron chi connectivity index (χ4n) is 2.00. The lowest BCUT2D eigenvalue weighted by atomic mass is 10.2. The number of nitrogen functional groups attached to an aromatic ring is 1. The number of nitriles is 1. The molecule has 0 aliphatic heterocycles. The zero-order valence-electron chi connectivity index (χ0n) is 10.4. The third-order valence-electron chi connectivity index (χ3n) is 2.98. The fraction of sp³-hybridized carbons (Fsp3) is 0. The third-order valence-corrected chi connectivity index (χ3v) is 2.98. The average molecular weight is 265 g/mol. The number of hydrogen-bond donors (Lipinski definition) is 4. The van der Waals surface area contributed by atoms with Gasteiger partial charge >= 0.3 is 5.69 Å². The van der Waals surface area contributed by atoms with Crippen LogP contribution in [0.1, 0.15) is 5.56 Å². The van der Waals surface area contributed by atoms with Crippen molar-refractivity contribution < 1.29 is 0 Å². The zero-order chi connectivity index (χ0) is 14.1. The van der Waals surface area contributed by atoms with E-state index in [2.05, 4.69) is 21.4 Å². The van der Waals surface area contributed by atoms with Crippen LogP contribution < -0.4 is 16.7 Å². The molecule has 0 aliphatic rings. The highest BCUT2D eigenvalue weighted by Gasteiger charge is 2.04. The average Bonchev–Trinajstić information content (AvgIpc) is 2.80. The van der Waals surface area contributed by atoms with E-state index in [1.54, 1.807) is 30.3 Å². The Morgan fingerprint density at radius 1 is 1.10 bits per heavy atom. The van der Waals surface area contributed by atoms with Gasteiger partial charge in [-0.3, -0.25) is 0 Å². The minimum absolute atomic E-state index is 0.247. The molecule has 0 unspecified atom stereocenters.